The van der Waals surface area contributed by atoms with Crippen molar-refractivity contribution < 1.29 is 33.7 Å². The third kappa shape index (κ3) is 13.7. The Morgan fingerprint density at radius 1 is 1.07 bits per heavy atom. The van der Waals surface area contributed by atoms with Gasteiger partial charge in [-0.1, -0.05) is 38.5 Å². The quantitative estimate of drug-likeness (QED) is 0.262. The van der Waals surface area contributed by atoms with Crippen molar-refractivity contribution in [2.75, 3.05) is 41.0 Å². The van der Waals surface area contributed by atoms with Gasteiger partial charge in [0.15, 0.2) is 23.6 Å². The van der Waals surface area contributed by atoms with E-state index in [1.54, 1.807) is 21.1 Å². The largest absolute Gasteiger partial charge is 0.493 e. The summed E-state index contributed by atoms with van der Waals surface area (Å²) in [6.07, 6.45) is 7.21. The van der Waals surface area contributed by atoms with Gasteiger partial charge >= 0.3 is 5.97 Å². The van der Waals surface area contributed by atoms with Gasteiger partial charge < -0.3 is 25.1 Å². The predicted octanol–water partition coefficient (Wildman–Crippen LogP) is 4.57. The maximum Gasteiger partial charge on any atom is 0.320 e. The molecule has 3 rings (SSSR count). The zero-order chi connectivity index (χ0) is 30.6. The van der Waals surface area contributed by atoms with E-state index in [1.165, 1.54) is 11.1 Å². The van der Waals surface area contributed by atoms with E-state index < -0.39 is 5.97 Å². The number of ether oxygens (including phenoxy) is 3. The molecular formula is C32H48N2O7. The number of carboxylic acid groups (broad SMARTS) is 1. The second-order valence-corrected chi connectivity index (χ2v) is 9.99. The smallest absolute Gasteiger partial charge is 0.320 e. The van der Waals surface area contributed by atoms with Gasteiger partial charge in [0.05, 0.1) is 14.2 Å². The molecular weight excluding hydrogens is 524 g/mol. The molecule has 0 saturated carbocycles. The number of hydrogen-bond donors (Lipinski definition) is 2. The van der Waals surface area contributed by atoms with E-state index in [9.17, 15) is 14.4 Å². The van der Waals surface area contributed by atoms with Crippen molar-refractivity contribution in [1.29, 1.82) is 0 Å². The van der Waals surface area contributed by atoms with Crippen LogP contribution < -0.4 is 19.9 Å². The van der Waals surface area contributed by atoms with E-state index in [2.05, 4.69) is 18.2 Å². The summed E-state index contributed by atoms with van der Waals surface area (Å²) < 4.78 is 16.2. The zero-order valence-electron chi connectivity index (χ0n) is 25.3. The fourth-order valence-electron chi connectivity index (χ4n) is 4.20. The molecule has 1 heterocycles. The van der Waals surface area contributed by atoms with E-state index in [-0.39, 0.29) is 17.7 Å². The van der Waals surface area contributed by atoms with Crippen LogP contribution in [0.2, 0.25) is 0 Å². The monoisotopic (exact) mass is 572 g/mol. The number of hydrogen-bond acceptors (Lipinski definition) is 8. The van der Waals surface area contributed by atoms with Crippen LogP contribution in [0, 0.1) is 5.92 Å². The van der Waals surface area contributed by atoms with Crippen molar-refractivity contribution in [1.82, 2.24) is 4.90 Å². The number of carbonyl (C=O) groups excluding carboxylic acids is 2. The van der Waals surface area contributed by atoms with Gasteiger partial charge in [-0.05, 0) is 87.5 Å². The van der Waals surface area contributed by atoms with Crippen molar-refractivity contribution in [3.05, 3.63) is 53.6 Å². The summed E-state index contributed by atoms with van der Waals surface area (Å²) in [5.41, 5.74) is 7.99. The molecule has 228 valence electrons. The number of nitrogens with zero attached hydrogens (tertiary/aromatic N) is 1. The summed E-state index contributed by atoms with van der Waals surface area (Å²) in [7, 11) is 5.18. The lowest BCUT2D eigenvalue weighted by molar-refractivity contribution is -0.143. The Morgan fingerprint density at radius 2 is 1.76 bits per heavy atom. The van der Waals surface area contributed by atoms with Gasteiger partial charge in [0.2, 0.25) is 0 Å². The molecule has 9 nitrogen and oxygen atoms in total. The van der Waals surface area contributed by atoms with E-state index in [0.717, 1.165) is 68.7 Å². The number of aryl methyl sites for hydroxylation is 2. The molecule has 0 bridgehead atoms. The SMILES string of the molecule is CCC(C)C(=O)C=O.CN1CCCCC1C(=O)O.COc1ccc(CCCc2cccc(OCCN)c2)cc1OC. The summed E-state index contributed by atoms with van der Waals surface area (Å²) in [6.45, 7) is 5.64. The topological polar surface area (TPSA) is 128 Å². The number of likely N-dealkylation sites (tertiary alicyclic amines) is 1. The standard InChI is InChI=1S/C19H25NO3.C7H13NO2.C6H10O2/c1-21-18-10-9-16(14-19(18)22-2)6-3-5-15-7-4-8-17(13-15)23-12-11-20;1-8-5-3-2-4-6(8)7(9)10;1-3-5(2)6(8)4-7/h4,7-10,13-14H,3,5-6,11-12,20H2,1-2H3;6H,2-5H2,1H3,(H,9,10);4-5H,3H2,1-2H3. The van der Waals surface area contributed by atoms with Crippen molar-refractivity contribution in [2.24, 2.45) is 11.7 Å². The number of ketones is 1. The molecule has 0 spiro atoms. The Balaban J connectivity index is 0.000000383. The summed E-state index contributed by atoms with van der Waals surface area (Å²) in [4.78, 5) is 32.6. The molecule has 0 aliphatic carbocycles. The maximum absolute atomic E-state index is 10.5. The lowest BCUT2D eigenvalue weighted by Crippen LogP contribution is -2.41. The zero-order valence-corrected chi connectivity index (χ0v) is 25.3. The number of benzene rings is 2. The van der Waals surface area contributed by atoms with E-state index in [0.29, 0.717) is 19.4 Å². The minimum Gasteiger partial charge on any atom is -0.493 e. The molecule has 0 aromatic heterocycles. The Hall–Kier alpha value is -3.43. The number of aldehydes is 1. The molecule has 2 unspecified atom stereocenters. The highest BCUT2D eigenvalue weighted by molar-refractivity contribution is 6.25. The van der Waals surface area contributed by atoms with Crippen molar-refractivity contribution >= 4 is 18.0 Å². The number of carbonyl (C=O) groups is 3. The Morgan fingerprint density at radius 3 is 2.27 bits per heavy atom. The van der Waals surface area contributed by atoms with Crippen LogP contribution >= 0.6 is 0 Å². The highest BCUT2D eigenvalue weighted by Crippen LogP contribution is 2.28. The summed E-state index contributed by atoms with van der Waals surface area (Å²) >= 11 is 0. The maximum atomic E-state index is 10.5. The predicted molar refractivity (Wildman–Crippen MR) is 161 cm³/mol. The van der Waals surface area contributed by atoms with Gasteiger partial charge in [-0.2, -0.15) is 0 Å². The molecule has 3 N–H and O–H groups in total. The molecule has 9 heteroatoms. The highest BCUT2D eigenvalue weighted by atomic mass is 16.5. The number of likely N-dealkylation sites (N-methyl/N-ethyl adjacent to an activating group) is 1. The Kier molecular flexibility index (Phi) is 17.8. The average molecular weight is 573 g/mol. The minimum atomic E-state index is -0.679. The van der Waals surface area contributed by atoms with Crippen LogP contribution in [0.4, 0.5) is 0 Å². The first-order valence-electron chi connectivity index (χ1n) is 14.2. The molecule has 2 atom stereocenters. The van der Waals surface area contributed by atoms with Crippen molar-refractivity contribution in [3.63, 3.8) is 0 Å². The number of carboxylic acids is 1. The second kappa shape index (κ2) is 20.4. The van der Waals surface area contributed by atoms with Crippen LogP contribution in [0.15, 0.2) is 42.5 Å². The lowest BCUT2D eigenvalue weighted by atomic mass is 10.0. The summed E-state index contributed by atoms with van der Waals surface area (Å²) in [5.74, 6) is 1.37. The normalized spacial score (nSPS) is 15.2. The lowest BCUT2D eigenvalue weighted by Gasteiger charge is -2.28. The molecule has 1 aliphatic heterocycles. The molecule has 2 aromatic rings. The molecule has 1 saturated heterocycles. The third-order valence-electron chi connectivity index (χ3n) is 6.93. The van der Waals surface area contributed by atoms with Gasteiger partial charge in [-0.3, -0.25) is 19.3 Å². The molecule has 0 radical (unpaired) electrons. The molecule has 41 heavy (non-hydrogen) atoms. The second-order valence-electron chi connectivity index (χ2n) is 9.99. The number of Topliss-reactive ketones (excluding diaryl/α,β-unsaturated/α-hetero) is 1. The number of rotatable bonds is 13. The number of aliphatic carboxylic acids is 1. The molecule has 0 amide bonds. The fourth-order valence-corrected chi connectivity index (χ4v) is 4.20. The van der Waals surface area contributed by atoms with E-state index in [4.69, 9.17) is 25.1 Å². The highest BCUT2D eigenvalue weighted by Gasteiger charge is 2.24. The van der Waals surface area contributed by atoms with Gasteiger partial charge in [-0.25, -0.2) is 0 Å². The van der Waals surface area contributed by atoms with Gasteiger partial charge in [0.1, 0.15) is 18.4 Å². The van der Waals surface area contributed by atoms with Gasteiger partial charge in [0, 0.05) is 12.5 Å². The van der Waals surface area contributed by atoms with Crippen LogP contribution in [-0.4, -0.2) is 75.1 Å². The van der Waals surface area contributed by atoms with Crippen LogP contribution in [-0.2, 0) is 27.2 Å². The summed E-state index contributed by atoms with van der Waals surface area (Å²) in [5, 5.41) is 8.67. The van der Waals surface area contributed by atoms with Gasteiger partial charge in [0.25, 0.3) is 0 Å². The minimum absolute atomic E-state index is 0.0903. The summed E-state index contributed by atoms with van der Waals surface area (Å²) in [6, 6.07) is 14.1. The number of piperidine rings is 1. The number of methoxy groups -OCH3 is 2. The van der Waals surface area contributed by atoms with E-state index in [1.807, 2.05) is 43.1 Å². The van der Waals surface area contributed by atoms with Crippen LogP contribution in [0.3, 0.4) is 0 Å². The third-order valence-corrected chi connectivity index (χ3v) is 6.93. The van der Waals surface area contributed by atoms with Gasteiger partial charge in [-0.15, -0.1) is 0 Å². The number of nitrogens with two attached hydrogens (primary N) is 1. The Bertz CT molecular complexity index is 1060. The first-order chi connectivity index (χ1) is 19.7. The molecule has 2 aromatic carbocycles. The van der Waals surface area contributed by atoms with Crippen LogP contribution in [0.25, 0.3) is 0 Å². The average Bonchev–Trinajstić information content (AvgIpc) is 3.00. The van der Waals surface area contributed by atoms with Crippen molar-refractivity contribution in [2.45, 2.75) is 64.8 Å². The first-order valence-corrected chi connectivity index (χ1v) is 14.2. The Labute approximate surface area is 245 Å². The first kappa shape index (κ1) is 35.6. The molecule has 1 aliphatic rings. The van der Waals surface area contributed by atoms with Crippen LogP contribution in [0.5, 0.6) is 17.2 Å². The van der Waals surface area contributed by atoms with E-state index >= 15 is 0 Å². The molecule has 1 fully saturated rings. The fraction of sp³-hybridized carbons (Fsp3) is 0.531. The van der Waals surface area contributed by atoms with Crippen molar-refractivity contribution in [3.8, 4) is 17.2 Å². The van der Waals surface area contributed by atoms with Crippen LogP contribution in [0.1, 0.15) is 57.1 Å².